The molecular formula is C18H28O5. The maximum absolute atomic E-state index is 9.91. The highest BCUT2D eigenvalue weighted by Crippen LogP contribution is 2.17. The Bertz CT molecular complexity index is 418. The van der Waals surface area contributed by atoms with Gasteiger partial charge in [-0.15, -0.1) is 6.58 Å². The van der Waals surface area contributed by atoms with E-state index in [1.807, 2.05) is 24.3 Å². The lowest BCUT2D eigenvalue weighted by atomic mass is 10.0. The van der Waals surface area contributed by atoms with E-state index in [2.05, 4.69) is 6.58 Å². The topological polar surface area (TPSA) is 57.2 Å². The van der Waals surface area contributed by atoms with Crippen molar-refractivity contribution in [1.29, 1.82) is 0 Å². The fourth-order valence-electron chi connectivity index (χ4n) is 2.23. The Morgan fingerprint density at radius 1 is 1.13 bits per heavy atom. The third-order valence-electron chi connectivity index (χ3n) is 3.42. The second-order valence-electron chi connectivity index (χ2n) is 5.34. The van der Waals surface area contributed by atoms with Crippen molar-refractivity contribution in [2.24, 2.45) is 0 Å². The van der Waals surface area contributed by atoms with Gasteiger partial charge in [0, 0.05) is 14.2 Å². The Balaban J connectivity index is 2.47. The number of hydrogen-bond donors (Lipinski definition) is 1. The van der Waals surface area contributed by atoms with Gasteiger partial charge in [-0.05, 0) is 43.4 Å². The van der Waals surface area contributed by atoms with E-state index in [0.29, 0.717) is 12.8 Å². The van der Waals surface area contributed by atoms with E-state index < -0.39 is 6.10 Å². The van der Waals surface area contributed by atoms with Gasteiger partial charge in [-0.25, -0.2) is 0 Å². The monoisotopic (exact) mass is 324 g/mol. The molecule has 0 spiro atoms. The number of hydrogen-bond acceptors (Lipinski definition) is 5. The summed E-state index contributed by atoms with van der Waals surface area (Å²) in [6.45, 7) is 4.12. The summed E-state index contributed by atoms with van der Waals surface area (Å²) in [5, 5.41) is 9.91. The van der Waals surface area contributed by atoms with Crippen molar-refractivity contribution in [3.63, 3.8) is 0 Å². The molecule has 1 aromatic rings. The molecule has 0 bridgehead atoms. The van der Waals surface area contributed by atoms with Gasteiger partial charge in [0.2, 0.25) is 0 Å². The lowest BCUT2D eigenvalue weighted by Gasteiger charge is -2.20. The summed E-state index contributed by atoms with van der Waals surface area (Å²) in [6.07, 6.45) is 4.06. The fraction of sp³-hybridized carbons (Fsp3) is 0.556. The summed E-state index contributed by atoms with van der Waals surface area (Å²) in [6, 6.07) is 7.90. The standard InChI is InChI=1S/C18H28O5/c1-4-5-16(19)12-18(23-14-21-3)11-8-15-6-9-17(10-7-15)22-13-20-2/h4,6-7,9-10,16,18-19H,1,5,8,11-14H2,2-3H3/t16-,18+/m1/s1. The quantitative estimate of drug-likeness (QED) is 0.446. The van der Waals surface area contributed by atoms with Gasteiger partial charge in [-0.1, -0.05) is 18.2 Å². The molecule has 0 aromatic heterocycles. The van der Waals surface area contributed by atoms with E-state index in [4.69, 9.17) is 18.9 Å². The van der Waals surface area contributed by atoms with Gasteiger partial charge in [0.1, 0.15) is 12.5 Å². The molecule has 0 amide bonds. The first-order valence-electron chi connectivity index (χ1n) is 7.79. The van der Waals surface area contributed by atoms with Crippen LogP contribution in [0.2, 0.25) is 0 Å². The average Bonchev–Trinajstić information content (AvgIpc) is 2.56. The summed E-state index contributed by atoms with van der Waals surface area (Å²) in [5.74, 6) is 0.782. The molecule has 0 fully saturated rings. The highest BCUT2D eigenvalue weighted by atomic mass is 16.7. The molecule has 0 saturated heterocycles. The lowest BCUT2D eigenvalue weighted by molar-refractivity contribution is -0.0861. The molecule has 1 rings (SSSR count). The van der Waals surface area contributed by atoms with Crippen LogP contribution in [0.15, 0.2) is 36.9 Å². The number of aliphatic hydroxyl groups excluding tert-OH is 1. The molecule has 0 radical (unpaired) electrons. The van der Waals surface area contributed by atoms with E-state index >= 15 is 0 Å². The van der Waals surface area contributed by atoms with Crippen LogP contribution in [0.3, 0.4) is 0 Å². The number of aliphatic hydroxyl groups is 1. The average molecular weight is 324 g/mol. The first kappa shape index (κ1) is 19.6. The molecule has 0 aliphatic rings. The molecular weight excluding hydrogens is 296 g/mol. The van der Waals surface area contributed by atoms with Crippen LogP contribution in [0.5, 0.6) is 5.75 Å². The van der Waals surface area contributed by atoms with Crippen LogP contribution in [0, 0.1) is 0 Å². The summed E-state index contributed by atoms with van der Waals surface area (Å²) in [7, 11) is 3.19. The maximum Gasteiger partial charge on any atom is 0.188 e. The Labute approximate surface area is 138 Å². The van der Waals surface area contributed by atoms with Crippen molar-refractivity contribution in [2.75, 3.05) is 27.8 Å². The smallest absolute Gasteiger partial charge is 0.188 e. The zero-order valence-electron chi connectivity index (χ0n) is 14.1. The second-order valence-corrected chi connectivity index (χ2v) is 5.34. The molecule has 0 saturated carbocycles. The first-order valence-corrected chi connectivity index (χ1v) is 7.79. The van der Waals surface area contributed by atoms with Crippen LogP contribution >= 0.6 is 0 Å². The number of benzene rings is 1. The van der Waals surface area contributed by atoms with E-state index in [-0.39, 0.29) is 19.7 Å². The van der Waals surface area contributed by atoms with Gasteiger partial charge in [0.25, 0.3) is 0 Å². The van der Waals surface area contributed by atoms with Gasteiger partial charge in [0.15, 0.2) is 6.79 Å². The van der Waals surface area contributed by atoms with E-state index in [0.717, 1.165) is 18.6 Å². The molecule has 5 heteroatoms. The molecule has 130 valence electrons. The van der Waals surface area contributed by atoms with Crippen molar-refractivity contribution in [3.05, 3.63) is 42.5 Å². The van der Waals surface area contributed by atoms with Crippen LogP contribution in [0.25, 0.3) is 0 Å². The molecule has 0 aliphatic heterocycles. The van der Waals surface area contributed by atoms with E-state index in [1.165, 1.54) is 5.56 Å². The molecule has 1 N–H and O–H groups in total. The Hall–Kier alpha value is -1.40. The van der Waals surface area contributed by atoms with Gasteiger partial charge >= 0.3 is 0 Å². The third kappa shape index (κ3) is 8.71. The molecule has 0 aliphatic carbocycles. The van der Waals surface area contributed by atoms with Crippen LogP contribution in [0.1, 0.15) is 24.8 Å². The molecule has 0 heterocycles. The van der Waals surface area contributed by atoms with E-state index in [1.54, 1.807) is 20.3 Å². The molecule has 0 unspecified atom stereocenters. The maximum atomic E-state index is 9.91. The van der Waals surface area contributed by atoms with Crippen molar-refractivity contribution in [1.82, 2.24) is 0 Å². The third-order valence-corrected chi connectivity index (χ3v) is 3.42. The fourth-order valence-corrected chi connectivity index (χ4v) is 2.23. The van der Waals surface area contributed by atoms with Crippen molar-refractivity contribution in [2.45, 2.75) is 37.9 Å². The van der Waals surface area contributed by atoms with Gasteiger partial charge in [-0.2, -0.15) is 0 Å². The van der Waals surface area contributed by atoms with E-state index in [9.17, 15) is 5.11 Å². The van der Waals surface area contributed by atoms with Crippen molar-refractivity contribution >= 4 is 0 Å². The molecule has 5 nitrogen and oxygen atoms in total. The Morgan fingerprint density at radius 3 is 2.43 bits per heavy atom. The molecule has 23 heavy (non-hydrogen) atoms. The van der Waals surface area contributed by atoms with Crippen LogP contribution in [0.4, 0.5) is 0 Å². The van der Waals surface area contributed by atoms with Crippen LogP contribution in [-0.2, 0) is 20.6 Å². The van der Waals surface area contributed by atoms with Crippen molar-refractivity contribution in [3.8, 4) is 5.75 Å². The van der Waals surface area contributed by atoms with Crippen LogP contribution in [-0.4, -0.2) is 45.1 Å². The minimum atomic E-state index is -0.431. The first-order chi connectivity index (χ1) is 11.2. The number of aryl methyl sites for hydroxylation is 1. The van der Waals surface area contributed by atoms with Crippen LogP contribution < -0.4 is 4.74 Å². The summed E-state index contributed by atoms with van der Waals surface area (Å²) in [5.41, 5.74) is 1.19. The highest BCUT2D eigenvalue weighted by Gasteiger charge is 2.14. The summed E-state index contributed by atoms with van der Waals surface area (Å²) < 4.78 is 20.8. The second kappa shape index (κ2) is 12.1. The number of methoxy groups -OCH3 is 2. The van der Waals surface area contributed by atoms with Gasteiger partial charge < -0.3 is 24.1 Å². The number of rotatable bonds is 13. The summed E-state index contributed by atoms with van der Waals surface area (Å²) >= 11 is 0. The number of ether oxygens (including phenoxy) is 4. The largest absolute Gasteiger partial charge is 0.468 e. The van der Waals surface area contributed by atoms with Gasteiger partial charge in [0.05, 0.1) is 12.2 Å². The zero-order chi connectivity index (χ0) is 16.9. The molecule has 2 atom stereocenters. The predicted octanol–water partition coefficient (Wildman–Crippen LogP) is 2.92. The minimum Gasteiger partial charge on any atom is -0.468 e. The minimum absolute atomic E-state index is 0.0469. The van der Waals surface area contributed by atoms with Gasteiger partial charge in [-0.3, -0.25) is 0 Å². The molecule has 1 aromatic carbocycles. The zero-order valence-corrected chi connectivity index (χ0v) is 14.1. The highest BCUT2D eigenvalue weighted by molar-refractivity contribution is 5.27. The Morgan fingerprint density at radius 2 is 1.83 bits per heavy atom. The normalized spacial score (nSPS) is 13.5. The SMILES string of the molecule is C=CC[C@@H](O)C[C@H](CCc1ccc(OCOC)cc1)OCOC. The van der Waals surface area contributed by atoms with Crippen molar-refractivity contribution < 1.29 is 24.1 Å². The summed E-state index contributed by atoms with van der Waals surface area (Å²) in [4.78, 5) is 0. The predicted molar refractivity (Wildman–Crippen MR) is 89.5 cm³/mol. The Kier molecular flexibility index (Phi) is 10.3. The lowest BCUT2D eigenvalue weighted by Crippen LogP contribution is -2.22.